The first-order valence-corrected chi connectivity index (χ1v) is 6.28. The zero-order valence-corrected chi connectivity index (χ0v) is 9.73. The van der Waals surface area contributed by atoms with Gasteiger partial charge in [0, 0.05) is 6.56 Å². The van der Waals surface area contributed by atoms with Crippen LogP contribution in [0.5, 0.6) is 0 Å². The topological polar surface area (TPSA) is 20.2 Å². The van der Waals surface area contributed by atoms with Crippen molar-refractivity contribution in [3.05, 3.63) is 0 Å². The van der Waals surface area contributed by atoms with Gasteiger partial charge in [-0.15, -0.1) is 0 Å². The van der Waals surface area contributed by atoms with Crippen molar-refractivity contribution in [2.24, 2.45) is 0 Å². The van der Waals surface area contributed by atoms with Gasteiger partial charge in [0.2, 0.25) is 0 Å². The van der Waals surface area contributed by atoms with Gasteiger partial charge in [0.1, 0.15) is 0 Å². The van der Waals surface area contributed by atoms with Crippen LogP contribution in [0.25, 0.3) is 0 Å². The van der Waals surface area contributed by atoms with Crippen LogP contribution in [-0.4, -0.2) is 11.7 Å². The standard InChI is InChI=1S/C13H28O/c1-2-3-4-5-6-7-8-9-10-11-12-13-14/h14H,2-13H2,1H3/i13D2. The van der Waals surface area contributed by atoms with E-state index in [0.29, 0.717) is 0 Å². The molecule has 0 aromatic carbocycles. The molecule has 0 atom stereocenters. The fraction of sp³-hybridized carbons (Fsp3) is 1.00. The summed E-state index contributed by atoms with van der Waals surface area (Å²) in [5.41, 5.74) is 0. The first-order chi connectivity index (χ1) is 7.56. The molecule has 0 rings (SSSR count). The largest absolute Gasteiger partial charge is 0.396 e. The molecule has 0 bridgehead atoms. The van der Waals surface area contributed by atoms with Gasteiger partial charge in [-0.3, -0.25) is 0 Å². The fourth-order valence-corrected chi connectivity index (χ4v) is 1.69. The first kappa shape index (κ1) is 10.5. The summed E-state index contributed by atoms with van der Waals surface area (Å²) in [6.45, 7) is 0.278. The van der Waals surface area contributed by atoms with E-state index in [2.05, 4.69) is 6.92 Å². The number of hydrogen-bond acceptors (Lipinski definition) is 1. The molecule has 0 aliphatic heterocycles. The summed E-state index contributed by atoms with van der Waals surface area (Å²) in [5.74, 6) is 0. The lowest BCUT2D eigenvalue weighted by Crippen LogP contribution is -1.84. The maximum Gasteiger partial charge on any atom is 0.0564 e. The van der Waals surface area contributed by atoms with Crippen LogP contribution in [0, 0.1) is 0 Å². The molecular weight excluding hydrogens is 172 g/mol. The lowest BCUT2D eigenvalue weighted by Gasteiger charge is -2.01. The van der Waals surface area contributed by atoms with Gasteiger partial charge >= 0.3 is 0 Å². The second-order valence-corrected chi connectivity index (χ2v) is 4.09. The molecule has 14 heavy (non-hydrogen) atoms. The lowest BCUT2D eigenvalue weighted by atomic mass is 10.1. The Hall–Kier alpha value is -0.0400. The molecule has 0 amide bonds. The van der Waals surface area contributed by atoms with Gasteiger partial charge in [0.15, 0.2) is 0 Å². The molecule has 0 saturated carbocycles. The third-order valence-corrected chi connectivity index (χ3v) is 2.64. The minimum atomic E-state index is -1.96. The maximum absolute atomic E-state index is 8.87. The first-order valence-electron chi connectivity index (χ1n) is 7.28. The third kappa shape index (κ3) is 12.0. The van der Waals surface area contributed by atoms with E-state index >= 15 is 0 Å². The lowest BCUT2D eigenvalue weighted by molar-refractivity contribution is 0.282. The van der Waals surface area contributed by atoms with Crippen molar-refractivity contribution < 1.29 is 7.85 Å². The van der Waals surface area contributed by atoms with E-state index in [1.807, 2.05) is 0 Å². The van der Waals surface area contributed by atoms with Gasteiger partial charge in [-0.2, -0.15) is 0 Å². The van der Waals surface area contributed by atoms with E-state index in [0.717, 1.165) is 12.8 Å². The van der Waals surface area contributed by atoms with Crippen LogP contribution >= 0.6 is 0 Å². The molecule has 0 radical (unpaired) electrons. The quantitative estimate of drug-likeness (QED) is 0.496. The Kier molecular flexibility index (Phi) is 9.70. The van der Waals surface area contributed by atoms with Crippen molar-refractivity contribution in [1.29, 1.82) is 0 Å². The Balaban J connectivity index is 2.99. The van der Waals surface area contributed by atoms with Crippen LogP contribution in [0.15, 0.2) is 0 Å². The second kappa shape index (κ2) is 13.0. The van der Waals surface area contributed by atoms with E-state index < -0.39 is 6.56 Å². The van der Waals surface area contributed by atoms with Gasteiger partial charge in [-0.25, -0.2) is 0 Å². The molecule has 86 valence electrons. The number of aliphatic hydroxyl groups is 1. The van der Waals surface area contributed by atoms with E-state index in [-0.39, 0.29) is 6.42 Å². The van der Waals surface area contributed by atoms with Crippen LogP contribution in [0.2, 0.25) is 0 Å². The van der Waals surface area contributed by atoms with E-state index in [1.54, 1.807) is 0 Å². The van der Waals surface area contributed by atoms with Crippen LogP contribution in [0.4, 0.5) is 0 Å². The molecule has 0 spiro atoms. The van der Waals surface area contributed by atoms with Crippen molar-refractivity contribution in [1.82, 2.24) is 0 Å². The smallest absolute Gasteiger partial charge is 0.0564 e. The van der Waals surface area contributed by atoms with Crippen molar-refractivity contribution in [2.75, 3.05) is 6.56 Å². The molecule has 0 fully saturated rings. The van der Waals surface area contributed by atoms with Crippen molar-refractivity contribution in [3.63, 3.8) is 0 Å². The molecule has 1 heteroatoms. The van der Waals surface area contributed by atoms with Gasteiger partial charge < -0.3 is 5.11 Å². The molecule has 1 nitrogen and oxygen atoms in total. The summed E-state index contributed by atoms with van der Waals surface area (Å²) in [4.78, 5) is 0. The monoisotopic (exact) mass is 202 g/mol. The average molecular weight is 202 g/mol. The van der Waals surface area contributed by atoms with Gasteiger partial charge in [0.05, 0.1) is 2.74 Å². The molecule has 0 saturated heterocycles. The molecule has 0 aliphatic carbocycles. The minimum Gasteiger partial charge on any atom is -0.396 e. The third-order valence-electron chi connectivity index (χ3n) is 2.64. The zero-order chi connectivity index (χ0) is 12.3. The Labute approximate surface area is 92.7 Å². The van der Waals surface area contributed by atoms with Crippen molar-refractivity contribution in [3.8, 4) is 0 Å². The highest BCUT2D eigenvalue weighted by molar-refractivity contribution is 4.47. The Morgan fingerprint density at radius 2 is 1.07 bits per heavy atom. The van der Waals surface area contributed by atoms with Crippen LogP contribution in [-0.2, 0) is 0 Å². The second-order valence-electron chi connectivity index (χ2n) is 4.09. The Morgan fingerprint density at radius 3 is 1.43 bits per heavy atom. The van der Waals surface area contributed by atoms with E-state index in [9.17, 15) is 0 Å². The Morgan fingerprint density at radius 1 is 0.714 bits per heavy atom. The maximum atomic E-state index is 8.87. The average Bonchev–Trinajstić information content (AvgIpc) is 2.19. The number of hydrogen-bond donors (Lipinski definition) is 1. The molecule has 0 aromatic heterocycles. The molecule has 0 aliphatic rings. The van der Waals surface area contributed by atoms with Crippen molar-refractivity contribution in [2.45, 2.75) is 77.6 Å². The predicted octanol–water partition coefficient (Wildman–Crippen LogP) is 4.29. The molecule has 0 heterocycles. The van der Waals surface area contributed by atoms with Gasteiger partial charge in [-0.1, -0.05) is 71.1 Å². The van der Waals surface area contributed by atoms with Crippen LogP contribution < -0.4 is 0 Å². The summed E-state index contributed by atoms with van der Waals surface area (Å²) in [5, 5.41) is 8.87. The van der Waals surface area contributed by atoms with E-state index in [4.69, 9.17) is 7.85 Å². The normalized spacial score (nSPS) is 13.9. The van der Waals surface area contributed by atoms with Crippen molar-refractivity contribution >= 4 is 0 Å². The van der Waals surface area contributed by atoms with Crippen LogP contribution in [0.1, 0.15) is 80.3 Å². The summed E-state index contributed by atoms with van der Waals surface area (Å²) < 4.78 is 13.9. The highest BCUT2D eigenvalue weighted by atomic mass is 16.2. The summed E-state index contributed by atoms with van der Waals surface area (Å²) in [6.07, 6.45) is 12.7. The van der Waals surface area contributed by atoms with E-state index in [1.165, 1.54) is 51.4 Å². The number of rotatable bonds is 11. The zero-order valence-electron chi connectivity index (χ0n) is 11.7. The summed E-state index contributed by atoms with van der Waals surface area (Å²) >= 11 is 0. The molecule has 0 aromatic rings. The summed E-state index contributed by atoms with van der Waals surface area (Å²) in [6, 6.07) is 0. The minimum absolute atomic E-state index is 0.281. The SMILES string of the molecule is [2H]C([2H])(O)CCCCCCCCCCCC. The van der Waals surface area contributed by atoms with Gasteiger partial charge in [0.25, 0.3) is 0 Å². The van der Waals surface area contributed by atoms with Crippen LogP contribution in [0.3, 0.4) is 0 Å². The highest BCUT2D eigenvalue weighted by Crippen LogP contribution is 2.10. The molecular formula is C13H28O. The number of unbranched alkanes of at least 4 members (excludes halogenated alkanes) is 9. The summed E-state index contributed by atoms with van der Waals surface area (Å²) in [7, 11) is 0. The molecule has 0 unspecified atom stereocenters. The Bertz CT molecular complexity index is 143. The molecule has 1 N–H and O–H groups in total. The fourth-order valence-electron chi connectivity index (χ4n) is 1.69. The highest BCUT2D eigenvalue weighted by Gasteiger charge is 1.91. The predicted molar refractivity (Wildman–Crippen MR) is 63.5 cm³/mol. The van der Waals surface area contributed by atoms with Gasteiger partial charge in [-0.05, 0) is 6.42 Å².